The van der Waals surface area contributed by atoms with Gasteiger partial charge in [0.2, 0.25) is 5.60 Å². The van der Waals surface area contributed by atoms with Gasteiger partial charge < -0.3 is 48.5 Å². The van der Waals surface area contributed by atoms with Crippen LogP contribution in [0, 0.1) is 45.6 Å². The van der Waals surface area contributed by atoms with Crippen molar-refractivity contribution in [3.05, 3.63) is 148 Å². The summed E-state index contributed by atoms with van der Waals surface area (Å²) in [5.41, 5.74) is 6.48. The Morgan fingerprint density at radius 1 is 0.647 bits per heavy atom. The van der Waals surface area contributed by atoms with Crippen LogP contribution in [0.3, 0.4) is 0 Å². The maximum Gasteiger partial charge on any atom is 0.530 e. The van der Waals surface area contributed by atoms with Crippen LogP contribution in [-0.2, 0) is 65.6 Å². The summed E-state index contributed by atoms with van der Waals surface area (Å²) in [5, 5.41) is 43.1. The van der Waals surface area contributed by atoms with E-state index >= 15 is 0 Å². The molecule has 0 bridgehead atoms. The molecule has 5 aromatic rings. The van der Waals surface area contributed by atoms with Crippen molar-refractivity contribution in [3.63, 3.8) is 0 Å². The highest BCUT2D eigenvalue weighted by molar-refractivity contribution is 7.49. The fourth-order valence-electron chi connectivity index (χ4n) is 12.2. The largest absolute Gasteiger partial charge is 0.530 e. The first-order chi connectivity index (χ1) is 49.6. The number of nitriles is 3. The summed E-state index contributed by atoms with van der Waals surface area (Å²) in [6, 6.07) is 23.9. The maximum absolute atomic E-state index is 14.8. The smallest absolute Gasteiger partial charge is 0.402 e. The first-order valence-corrected chi connectivity index (χ1v) is 39.0. The topological polar surface area (TPSA) is 257 Å². The highest BCUT2D eigenvalue weighted by Gasteiger charge is 2.65. The van der Waals surface area contributed by atoms with Crippen molar-refractivity contribution in [1.29, 1.82) is 15.8 Å². The minimum Gasteiger partial charge on any atom is -0.402 e. The number of aliphatic hydroxyl groups is 1. The number of hydrogen-bond donors (Lipinski definition) is 2. The molecule has 0 aliphatic carbocycles. The van der Waals surface area contributed by atoms with Crippen molar-refractivity contribution < 1.29 is 65.2 Å². The Kier molecular flexibility index (Phi) is 39.9. The third-order valence-electron chi connectivity index (χ3n) is 17.7. The maximum atomic E-state index is 14.8. The first kappa shape index (κ1) is 84.7. The minimum atomic E-state index is -4.62. The highest BCUT2D eigenvalue weighted by Crippen LogP contribution is 2.54. The summed E-state index contributed by atoms with van der Waals surface area (Å²) in [6.45, 7) is 8.41. The van der Waals surface area contributed by atoms with E-state index in [4.69, 9.17) is 69.3 Å². The van der Waals surface area contributed by atoms with Crippen molar-refractivity contribution in [2.75, 3.05) is 52.0 Å². The fraction of sp³-hybridized carbons (Fsp3) is 0.608. The Balaban J connectivity index is 0.000000405. The van der Waals surface area contributed by atoms with Crippen molar-refractivity contribution in [2.45, 2.75) is 263 Å². The SMILES string of the molecule is CCCCCCCC/C=C\CCCCCCCCOC[C@H](CO)OCc1cc(F)cc(C#N)c1.CCCCCCCC/C=C\CCCCCCCCOC[C@H](COP(=O)(OC[C@H]1O[C@@](C#N)(c2ccc3c(N)ncnn23)[C@@H]2OC(C)(C)O[C@@H]21)Oc1ccccc1Cl)OCc1cc(F)cc(C#N)c1. The Labute approximate surface area is 609 Å². The number of hydrogen-bond acceptors (Lipinski definition) is 18. The third-order valence-corrected chi connectivity index (χ3v) is 19.3. The molecule has 3 aromatic carbocycles. The summed E-state index contributed by atoms with van der Waals surface area (Å²) in [4.78, 5) is 4.05. The van der Waals surface area contributed by atoms with Crippen LogP contribution in [0.15, 0.2) is 103 Å². The fourth-order valence-corrected chi connectivity index (χ4v) is 13.7. The van der Waals surface area contributed by atoms with E-state index in [-0.39, 0.29) is 60.8 Å². The molecule has 0 radical (unpaired) electrons. The molecule has 2 aromatic heterocycles. The predicted octanol–water partition coefficient (Wildman–Crippen LogP) is 19.1. The van der Waals surface area contributed by atoms with Gasteiger partial charge in [-0.1, -0.05) is 177 Å². The molecular weight excluding hydrogens is 1340 g/mol. The minimum absolute atomic E-state index is 0.0186. The number of phosphoric acid groups is 1. The van der Waals surface area contributed by atoms with Crippen molar-refractivity contribution in [1.82, 2.24) is 14.6 Å². The zero-order valence-electron chi connectivity index (χ0n) is 60.6. The van der Waals surface area contributed by atoms with E-state index in [1.807, 2.05) is 12.1 Å². The van der Waals surface area contributed by atoms with Gasteiger partial charge in [0.05, 0.1) is 80.2 Å². The van der Waals surface area contributed by atoms with Crippen LogP contribution in [0.1, 0.15) is 235 Å². The number of fused-ring (bicyclic) bond motifs is 2. The van der Waals surface area contributed by atoms with Crippen LogP contribution in [0.5, 0.6) is 5.75 Å². The van der Waals surface area contributed by atoms with Crippen LogP contribution in [0.2, 0.25) is 5.02 Å². The Bertz CT molecular complexity index is 3450. The molecule has 0 saturated carbocycles. The highest BCUT2D eigenvalue weighted by atomic mass is 35.5. The molecule has 23 heteroatoms. The van der Waals surface area contributed by atoms with E-state index in [0.717, 1.165) is 51.0 Å². The molecule has 2 fully saturated rings. The van der Waals surface area contributed by atoms with Crippen LogP contribution in [-0.4, -0.2) is 102 Å². The Morgan fingerprint density at radius 2 is 1.15 bits per heavy atom. The number of nitrogens with zero attached hydrogens (tertiary/aromatic N) is 6. The third kappa shape index (κ3) is 30.5. The molecule has 102 heavy (non-hydrogen) atoms. The van der Waals surface area contributed by atoms with Gasteiger partial charge in [0.1, 0.15) is 65.8 Å². The number of halogens is 3. The number of para-hydroxylation sites is 1. The second-order valence-electron chi connectivity index (χ2n) is 26.7. The monoisotopic (exact) mass is 1450 g/mol. The van der Waals surface area contributed by atoms with Gasteiger partial charge in [-0.05, 0) is 150 Å². The number of rotatable bonds is 52. The van der Waals surface area contributed by atoms with Crippen molar-refractivity contribution >= 4 is 30.8 Å². The van der Waals surface area contributed by atoms with Crippen LogP contribution in [0.25, 0.3) is 5.52 Å². The normalized spacial score (nSPS) is 18.2. The zero-order valence-corrected chi connectivity index (χ0v) is 62.3. The number of allylic oxidation sites excluding steroid dienone is 4. The van der Waals surface area contributed by atoms with Gasteiger partial charge in [-0.3, -0.25) is 9.05 Å². The quantitative estimate of drug-likeness (QED) is 0.0208. The number of benzene rings is 3. The molecular formula is C79H111ClF2N7O12P. The molecule has 560 valence electrons. The molecule has 19 nitrogen and oxygen atoms in total. The van der Waals surface area contributed by atoms with Gasteiger partial charge in [-0.2, -0.15) is 20.9 Å². The molecule has 7 atom stereocenters. The van der Waals surface area contributed by atoms with E-state index in [9.17, 15) is 29.0 Å². The number of nitrogen functional groups attached to an aromatic ring is 1. The molecule has 7 rings (SSSR count). The molecule has 0 spiro atoms. The number of anilines is 1. The summed E-state index contributed by atoms with van der Waals surface area (Å²) in [6.07, 6.45) is 40.9. The van der Waals surface area contributed by atoms with Gasteiger partial charge in [0.25, 0.3) is 0 Å². The van der Waals surface area contributed by atoms with Gasteiger partial charge in [-0.15, -0.1) is 0 Å². The number of aromatic nitrogens is 3. The second-order valence-corrected chi connectivity index (χ2v) is 28.7. The Morgan fingerprint density at radius 3 is 1.66 bits per heavy atom. The van der Waals surface area contributed by atoms with E-state index in [2.05, 4.69) is 54.3 Å². The molecule has 1 unspecified atom stereocenters. The molecule has 4 heterocycles. The molecule has 2 saturated heterocycles. The van der Waals surface area contributed by atoms with E-state index < -0.39 is 68.0 Å². The predicted molar refractivity (Wildman–Crippen MR) is 392 cm³/mol. The van der Waals surface area contributed by atoms with Gasteiger partial charge >= 0.3 is 7.82 Å². The number of phosphoric ester groups is 1. The van der Waals surface area contributed by atoms with E-state index in [1.165, 1.54) is 176 Å². The number of aliphatic hydroxyl groups excluding tert-OH is 1. The van der Waals surface area contributed by atoms with Crippen molar-refractivity contribution in [3.8, 4) is 24.0 Å². The first-order valence-electron chi connectivity index (χ1n) is 37.1. The lowest BCUT2D eigenvalue weighted by atomic mass is 9.92. The lowest BCUT2D eigenvalue weighted by Gasteiger charge is -2.29. The second kappa shape index (κ2) is 48.0. The average Bonchev–Trinajstić information content (AvgIpc) is 1.55. The summed E-state index contributed by atoms with van der Waals surface area (Å²) < 4.78 is 105. The standard InChI is InChI=1S/C50H65ClFN6O9P.C29H46FNO3/c1-4-5-6-7-8-9-10-11-12-13-14-15-16-17-18-21-26-60-32-40(61-31-38-27-37(30-53)28-39(52)29-38)33-62-68(59,67-43-23-20-19-22-41(43)51)63-34-44-46-47(66-49(2,3)65-46)50(35-54,64-44)45-25-24-42-48(55)56-36-57-58(42)45;1-2-3-4-5-6-7-8-9-10-11-12-13-14-15-16-17-18-33-25-29(23-32)34-24-27-19-26(22-31)20-28(30)21-27/h11-12,19-20,22-25,27-29,36,40,44,46-47H,4-10,13-18,21,26,31-34H2,1-3H3,(H2,55,56,57);9-10,19-21,29,32H,2-8,11-18,23-25H2,1H3/b12-11-;10-9-/t40-,44-,46-,47-,50+,68?;29-/m10/s1. The van der Waals surface area contributed by atoms with E-state index in [1.54, 1.807) is 50.2 Å². The average molecular weight is 1460 g/mol. The van der Waals surface area contributed by atoms with Gasteiger partial charge in [-0.25, -0.2) is 22.8 Å². The van der Waals surface area contributed by atoms with E-state index in [0.29, 0.717) is 42.2 Å². The lowest BCUT2D eigenvalue weighted by Crippen LogP contribution is -2.40. The summed E-state index contributed by atoms with van der Waals surface area (Å²) in [7, 11) is -4.62. The molecule has 3 N–H and O–H groups in total. The zero-order chi connectivity index (χ0) is 73.1. The molecule has 0 amide bonds. The van der Waals surface area contributed by atoms with Crippen LogP contribution < -0.4 is 10.3 Å². The van der Waals surface area contributed by atoms with Crippen molar-refractivity contribution in [2.24, 2.45) is 0 Å². The number of unbranched alkanes of at least 4 members (excludes halogenated alkanes) is 24. The molecule has 2 aliphatic heterocycles. The van der Waals surface area contributed by atoms with Crippen LogP contribution in [0.4, 0.5) is 14.6 Å². The van der Waals surface area contributed by atoms with Gasteiger partial charge in [0.15, 0.2) is 11.6 Å². The summed E-state index contributed by atoms with van der Waals surface area (Å²) >= 11 is 6.46. The number of nitrogens with two attached hydrogens (primary N) is 1. The summed E-state index contributed by atoms with van der Waals surface area (Å²) in [5.74, 6) is -1.98. The van der Waals surface area contributed by atoms with Crippen LogP contribution >= 0.6 is 19.4 Å². The van der Waals surface area contributed by atoms with Gasteiger partial charge in [0, 0.05) is 13.2 Å². The lowest BCUT2D eigenvalue weighted by molar-refractivity contribution is -0.204. The Hall–Kier alpha value is -6.19. The molecule has 2 aliphatic rings. The number of ether oxygens (including phenoxy) is 7.